The summed E-state index contributed by atoms with van der Waals surface area (Å²) in [7, 11) is 0. The average Bonchev–Trinajstić information content (AvgIpc) is 2.97. The first-order valence-electron chi connectivity index (χ1n) is 7.70. The number of nitrogens with zero attached hydrogens (tertiary/aromatic N) is 1. The van der Waals surface area contributed by atoms with Crippen LogP contribution in [0.1, 0.15) is 35.0 Å². The van der Waals surface area contributed by atoms with Crippen molar-refractivity contribution < 1.29 is 9.59 Å². The summed E-state index contributed by atoms with van der Waals surface area (Å²) in [6.45, 7) is 4.22. The van der Waals surface area contributed by atoms with Gasteiger partial charge in [0.05, 0.1) is 6.20 Å². The molecule has 0 aliphatic heterocycles. The summed E-state index contributed by atoms with van der Waals surface area (Å²) in [4.78, 5) is 24.0. The molecule has 2 amide bonds. The van der Waals surface area contributed by atoms with E-state index < -0.39 is 6.04 Å². The van der Waals surface area contributed by atoms with Crippen molar-refractivity contribution in [1.82, 2.24) is 20.8 Å². The van der Waals surface area contributed by atoms with Crippen molar-refractivity contribution in [3.05, 3.63) is 53.3 Å². The van der Waals surface area contributed by atoms with E-state index in [1.54, 1.807) is 37.4 Å². The Balaban J connectivity index is 1.70. The molecule has 1 aromatic heterocycles. The van der Waals surface area contributed by atoms with Crippen molar-refractivity contribution in [2.24, 2.45) is 0 Å². The van der Waals surface area contributed by atoms with Crippen LogP contribution in [0.4, 0.5) is 0 Å². The summed E-state index contributed by atoms with van der Waals surface area (Å²) in [5.41, 5.74) is 2.76. The summed E-state index contributed by atoms with van der Waals surface area (Å²) in [6.07, 6.45) is 3.48. The van der Waals surface area contributed by atoms with Crippen LogP contribution < -0.4 is 10.6 Å². The molecule has 1 aromatic carbocycles. The molecular formula is C17H22N4O2. The molecular weight excluding hydrogens is 292 g/mol. The van der Waals surface area contributed by atoms with Gasteiger partial charge in [0.1, 0.15) is 6.04 Å². The molecule has 6 heteroatoms. The first kappa shape index (κ1) is 16.7. The number of hydrogen-bond donors (Lipinski definition) is 3. The minimum atomic E-state index is -0.571. The highest BCUT2D eigenvalue weighted by Gasteiger charge is 2.15. The number of hydrogen-bond acceptors (Lipinski definition) is 3. The Bertz CT molecular complexity index is 652. The molecule has 2 aromatic rings. The Kier molecular flexibility index (Phi) is 5.91. The van der Waals surface area contributed by atoms with Crippen molar-refractivity contribution in [2.45, 2.75) is 32.7 Å². The van der Waals surface area contributed by atoms with Crippen LogP contribution >= 0.6 is 0 Å². The molecule has 0 aliphatic carbocycles. The number of carbonyl (C=O) groups is 2. The van der Waals surface area contributed by atoms with Gasteiger partial charge in [-0.25, -0.2) is 0 Å². The molecule has 0 aliphatic rings. The maximum absolute atomic E-state index is 12.0. The van der Waals surface area contributed by atoms with E-state index in [2.05, 4.69) is 20.8 Å². The molecule has 3 N–H and O–H groups in total. The van der Waals surface area contributed by atoms with E-state index >= 15 is 0 Å². The number of aromatic amines is 1. The lowest BCUT2D eigenvalue weighted by molar-refractivity contribution is -0.122. The van der Waals surface area contributed by atoms with Gasteiger partial charge in [-0.1, -0.05) is 18.2 Å². The second-order valence-electron chi connectivity index (χ2n) is 5.48. The summed E-state index contributed by atoms with van der Waals surface area (Å²) < 4.78 is 0. The van der Waals surface area contributed by atoms with Crippen LogP contribution in [-0.4, -0.2) is 34.6 Å². The molecule has 1 unspecified atom stereocenters. The lowest BCUT2D eigenvalue weighted by Crippen LogP contribution is -2.45. The molecule has 0 radical (unpaired) electrons. The van der Waals surface area contributed by atoms with Crippen LogP contribution in [0.3, 0.4) is 0 Å². The molecule has 0 bridgehead atoms. The fourth-order valence-corrected chi connectivity index (χ4v) is 2.21. The van der Waals surface area contributed by atoms with Gasteiger partial charge in [-0.05, 0) is 44.4 Å². The predicted octanol–water partition coefficient (Wildman–Crippen LogP) is 1.59. The minimum absolute atomic E-state index is 0.182. The van der Waals surface area contributed by atoms with E-state index in [1.165, 1.54) is 0 Å². The third-order valence-electron chi connectivity index (χ3n) is 3.63. The lowest BCUT2D eigenvalue weighted by atomic mass is 10.1. The third-order valence-corrected chi connectivity index (χ3v) is 3.63. The summed E-state index contributed by atoms with van der Waals surface area (Å²) >= 11 is 0. The number of carbonyl (C=O) groups excluding carboxylic acids is 2. The lowest BCUT2D eigenvalue weighted by Gasteiger charge is -2.14. The van der Waals surface area contributed by atoms with Gasteiger partial charge >= 0.3 is 0 Å². The van der Waals surface area contributed by atoms with Gasteiger partial charge < -0.3 is 10.6 Å². The summed E-state index contributed by atoms with van der Waals surface area (Å²) in [5, 5.41) is 12.4. The third kappa shape index (κ3) is 4.95. The highest BCUT2D eigenvalue weighted by atomic mass is 16.2. The Morgan fingerprint density at radius 3 is 2.65 bits per heavy atom. The Hall–Kier alpha value is -2.63. The number of nitrogens with one attached hydrogen (secondary N) is 3. The zero-order valence-electron chi connectivity index (χ0n) is 13.4. The van der Waals surface area contributed by atoms with Crippen molar-refractivity contribution in [3.63, 3.8) is 0 Å². The largest absolute Gasteiger partial charge is 0.354 e. The van der Waals surface area contributed by atoms with E-state index in [0.717, 1.165) is 24.1 Å². The molecule has 122 valence electrons. The normalized spacial score (nSPS) is 11.7. The maximum atomic E-state index is 12.0. The van der Waals surface area contributed by atoms with E-state index in [9.17, 15) is 9.59 Å². The number of rotatable bonds is 7. The van der Waals surface area contributed by atoms with Gasteiger partial charge in [-0.15, -0.1) is 0 Å². The Morgan fingerprint density at radius 2 is 2.00 bits per heavy atom. The van der Waals surface area contributed by atoms with E-state index in [4.69, 9.17) is 0 Å². The molecule has 0 spiro atoms. The van der Waals surface area contributed by atoms with E-state index in [1.807, 2.05) is 13.0 Å². The van der Waals surface area contributed by atoms with Gasteiger partial charge in [-0.2, -0.15) is 5.10 Å². The molecule has 2 rings (SSSR count). The molecule has 0 fully saturated rings. The minimum Gasteiger partial charge on any atom is -0.354 e. The Labute approximate surface area is 135 Å². The van der Waals surface area contributed by atoms with Crippen LogP contribution in [0.2, 0.25) is 0 Å². The molecule has 23 heavy (non-hydrogen) atoms. The van der Waals surface area contributed by atoms with Crippen molar-refractivity contribution in [2.75, 3.05) is 6.54 Å². The maximum Gasteiger partial charge on any atom is 0.251 e. The van der Waals surface area contributed by atoms with Crippen LogP contribution in [0, 0.1) is 6.92 Å². The summed E-state index contributed by atoms with van der Waals surface area (Å²) in [6, 6.07) is 8.28. The predicted molar refractivity (Wildman–Crippen MR) is 88.0 cm³/mol. The number of amides is 2. The first-order valence-corrected chi connectivity index (χ1v) is 7.70. The monoisotopic (exact) mass is 314 g/mol. The Morgan fingerprint density at radius 1 is 1.26 bits per heavy atom. The molecule has 1 atom stereocenters. The van der Waals surface area contributed by atoms with Gasteiger partial charge in [0.25, 0.3) is 5.91 Å². The van der Waals surface area contributed by atoms with Crippen LogP contribution in [-0.2, 0) is 11.2 Å². The standard InChI is InChI=1S/C17H22N4O2/c1-12-15(11-19-21-12)9-6-10-18-16(22)13(2)20-17(23)14-7-4-3-5-8-14/h3-5,7-8,11,13H,6,9-10H2,1-2H3,(H,18,22)(H,19,21)(H,20,23). The zero-order chi connectivity index (χ0) is 16.7. The SMILES string of the molecule is Cc1[nH]ncc1CCCNC(=O)C(C)NC(=O)c1ccccc1. The molecule has 1 heterocycles. The smallest absolute Gasteiger partial charge is 0.251 e. The molecule has 0 saturated carbocycles. The van der Waals surface area contributed by atoms with E-state index in [0.29, 0.717) is 12.1 Å². The van der Waals surface area contributed by atoms with Gasteiger partial charge in [0, 0.05) is 17.8 Å². The van der Waals surface area contributed by atoms with Crippen molar-refractivity contribution in [3.8, 4) is 0 Å². The number of aromatic nitrogens is 2. The van der Waals surface area contributed by atoms with Gasteiger partial charge in [-0.3, -0.25) is 14.7 Å². The number of aryl methyl sites for hydroxylation is 2. The summed E-state index contributed by atoms with van der Waals surface area (Å²) in [5.74, 6) is -0.430. The molecule has 6 nitrogen and oxygen atoms in total. The van der Waals surface area contributed by atoms with E-state index in [-0.39, 0.29) is 11.8 Å². The fourth-order valence-electron chi connectivity index (χ4n) is 2.21. The highest BCUT2D eigenvalue weighted by Crippen LogP contribution is 2.05. The van der Waals surface area contributed by atoms with Crippen LogP contribution in [0.25, 0.3) is 0 Å². The van der Waals surface area contributed by atoms with Crippen LogP contribution in [0.15, 0.2) is 36.5 Å². The second kappa shape index (κ2) is 8.12. The highest BCUT2D eigenvalue weighted by molar-refractivity contribution is 5.97. The van der Waals surface area contributed by atoms with Gasteiger partial charge in [0.15, 0.2) is 0 Å². The zero-order valence-corrected chi connectivity index (χ0v) is 13.4. The first-order chi connectivity index (χ1) is 11.1. The number of benzene rings is 1. The second-order valence-corrected chi connectivity index (χ2v) is 5.48. The topological polar surface area (TPSA) is 86.9 Å². The van der Waals surface area contributed by atoms with Crippen molar-refractivity contribution in [1.29, 1.82) is 0 Å². The number of H-pyrrole nitrogens is 1. The fraction of sp³-hybridized carbons (Fsp3) is 0.353. The quantitative estimate of drug-likeness (QED) is 0.678. The average molecular weight is 314 g/mol. The van der Waals surface area contributed by atoms with Crippen LogP contribution in [0.5, 0.6) is 0 Å². The van der Waals surface area contributed by atoms with Crippen molar-refractivity contribution >= 4 is 11.8 Å². The van der Waals surface area contributed by atoms with Gasteiger partial charge in [0.2, 0.25) is 5.91 Å². The molecule has 0 saturated heterocycles.